The topological polar surface area (TPSA) is 59.1 Å². The number of benzene rings is 1. The molecule has 1 fully saturated rings. The maximum Gasteiger partial charge on any atom is 0.0736 e. The van der Waals surface area contributed by atoms with Gasteiger partial charge in [0.1, 0.15) is 0 Å². The molecule has 0 aliphatic heterocycles. The number of hydrogen-bond acceptors (Lipinski definition) is 3. The van der Waals surface area contributed by atoms with Crippen LogP contribution >= 0.6 is 0 Å². The normalized spacial score (nSPS) is 27.3. The van der Waals surface area contributed by atoms with Crippen molar-refractivity contribution < 1.29 is 5.11 Å². The first-order valence-electron chi connectivity index (χ1n) is 5.95. The van der Waals surface area contributed by atoms with E-state index in [2.05, 4.69) is 29.2 Å². The van der Waals surface area contributed by atoms with Crippen LogP contribution in [0.4, 0.5) is 0 Å². The average molecular weight is 228 g/mol. The molecule has 0 spiro atoms. The number of para-hydroxylation sites is 1. The standard InChI is InChI=1S/C14H16N2O/c15-8-14(9-17)7-12(14)11-5-1-3-10-4-2-6-16-13(10)11/h1-6,12,17H,7-9,15H2. The number of hydrogen-bond donors (Lipinski definition) is 2. The van der Waals surface area contributed by atoms with Gasteiger partial charge in [0.2, 0.25) is 0 Å². The summed E-state index contributed by atoms with van der Waals surface area (Å²) in [4.78, 5) is 4.45. The first-order chi connectivity index (χ1) is 8.30. The van der Waals surface area contributed by atoms with Crippen molar-refractivity contribution in [3.8, 4) is 0 Å². The molecule has 17 heavy (non-hydrogen) atoms. The molecule has 1 heterocycles. The van der Waals surface area contributed by atoms with Crippen molar-refractivity contribution in [2.75, 3.05) is 13.2 Å². The first kappa shape index (κ1) is 10.7. The molecule has 0 bridgehead atoms. The molecule has 3 rings (SSSR count). The van der Waals surface area contributed by atoms with Gasteiger partial charge in [-0.1, -0.05) is 24.3 Å². The highest BCUT2D eigenvalue weighted by molar-refractivity contribution is 5.82. The van der Waals surface area contributed by atoms with Gasteiger partial charge in [-0.05, 0) is 24.0 Å². The lowest BCUT2D eigenvalue weighted by atomic mass is 9.98. The lowest BCUT2D eigenvalue weighted by Gasteiger charge is -2.12. The summed E-state index contributed by atoms with van der Waals surface area (Å²) in [6.45, 7) is 0.703. The zero-order valence-corrected chi connectivity index (χ0v) is 9.63. The number of nitrogens with zero attached hydrogens (tertiary/aromatic N) is 1. The van der Waals surface area contributed by atoms with Crippen LogP contribution in [0.15, 0.2) is 36.5 Å². The van der Waals surface area contributed by atoms with E-state index in [9.17, 15) is 5.11 Å². The molecule has 88 valence electrons. The summed E-state index contributed by atoms with van der Waals surface area (Å²) in [5.74, 6) is 0.358. The maximum absolute atomic E-state index is 9.46. The fourth-order valence-corrected chi connectivity index (χ4v) is 2.66. The molecule has 1 aromatic heterocycles. The van der Waals surface area contributed by atoms with Gasteiger partial charge in [0.15, 0.2) is 0 Å². The van der Waals surface area contributed by atoms with Gasteiger partial charge in [-0.25, -0.2) is 0 Å². The van der Waals surface area contributed by atoms with Crippen molar-refractivity contribution in [2.45, 2.75) is 12.3 Å². The molecule has 2 unspecified atom stereocenters. The Morgan fingerprint density at radius 3 is 2.88 bits per heavy atom. The van der Waals surface area contributed by atoms with Gasteiger partial charge in [0, 0.05) is 23.5 Å². The molecule has 0 saturated heterocycles. The van der Waals surface area contributed by atoms with Crippen LogP contribution in [0.3, 0.4) is 0 Å². The maximum atomic E-state index is 9.46. The second kappa shape index (κ2) is 3.79. The van der Waals surface area contributed by atoms with E-state index in [0.29, 0.717) is 12.5 Å². The van der Waals surface area contributed by atoms with Gasteiger partial charge in [-0.2, -0.15) is 0 Å². The molecule has 1 aliphatic carbocycles. The van der Waals surface area contributed by atoms with Gasteiger partial charge in [0.05, 0.1) is 12.1 Å². The molecular weight excluding hydrogens is 212 g/mol. The van der Waals surface area contributed by atoms with E-state index in [0.717, 1.165) is 17.3 Å². The highest BCUT2D eigenvalue weighted by Crippen LogP contribution is 2.59. The first-order valence-corrected chi connectivity index (χ1v) is 5.95. The highest BCUT2D eigenvalue weighted by atomic mass is 16.3. The molecule has 1 aliphatic rings. The van der Waals surface area contributed by atoms with E-state index < -0.39 is 0 Å². The number of aliphatic hydroxyl groups is 1. The van der Waals surface area contributed by atoms with E-state index in [1.807, 2.05) is 12.3 Å². The predicted octanol–water partition coefficient (Wildman–Crippen LogP) is 1.66. The molecule has 1 saturated carbocycles. The summed E-state index contributed by atoms with van der Waals surface area (Å²) in [6.07, 6.45) is 2.78. The number of rotatable bonds is 3. The second-order valence-electron chi connectivity index (χ2n) is 4.90. The van der Waals surface area contributed by atoms with E-state index in [1.165, 1.54) is 5.56 Å². The van der Waals surface area contributed by atoms with Crippen molar-refractivity contribution in [2.24, 2.45) is 11.1 Å². The fraction of sp³-hybridized carbons (Fsp3) is 0.357. The Hall–Kier alpha value is -1.45. The predicted molar refractivity (Wildman–Crippen MR) is 67.7 cm³/mol. The summed E-state index contributed by atoms with van der Waals surface area (Å²) in [7, 11) is 0. The van der Waals surface area contributed by atoms with Crippen LogP contribution in [0, 0.1) is 5.41 Å². The van der Waals surface area contributed by atoms with Crippen LogP contribution in [0.5, 0.6) is 0 Å². The SMILES string of the molecule is NCC1(CO)CC1c1cccc2cccnc12. The van der Waals surface area contributed by atoms with Crippen molar-refractivity contribution in [1.82, 2.24) is 4.98 Å². The van der Waals surface area contributed by atoms with Crippen molar-refractivity contribution >= 4 is 10.9 Å². The van der Waals surface area contributed by atoms with Crippen LogP contribution in [0.1, 0.15) is 17.9 Å². The fourth-order valence-electron chi connectivity index (χ4n) is 2.66. The number of aliphatic hydroxyl groups excluding tert-OH is 1. The Labute approximate surface area is 100 Å². The van der Waals surface area contributed by atoms with Crippen molar-refractivity contribution in [3.63, 3.8) is 0 Å². The van der Waals surface area contributed by atoms with E-state index in [4.69, 9.17) is 5.73 Å². The van der Waals surface area contributed by atoms with Crippen LogP contribution in [0.2, 0.25) is 0 Å². The Bertz CT molecular complexity index is 543. The third-order valence-electron chi connectivity index (χ3n) is 3.95. The summed E-state index contributed by atoms with van der Waals surface area (Å²) in [6, 6.07) is 10.2. The molecule has 3 heteroatoms. The van der Waals surface area contributed by atoms with Gasteiger partial charge in [-0.3, -0.25) is 4.98 Å². The Balaban J connectivity index is 2.08. The van der Waals surface area contributed by atoms with E-state index >= 15 is 0 Å². The molecule has 2 aromatic rings. The van der Waals surface area contributed by atoms with Gasteiger partial charge < -0.3 is 10.8 Å². The summed E-state index contributed by atoms with van der Waals surface area (Å²) >= 11 is 0. The minimum Gasteiger partial charge on any atom is -0.396 e. The summed E-state index contributed by atoms with van der Waals surface area (Å²) in [5, 5.41) is 10.6. The molecular formula is C14H16N2O. The number of fused-ring (bicyclic) bond motifs is 1. The van der Waals surface area contributed by atoms with Crippen LogP contribution < -0.4 is 5.73 Å². The monoisotopic (exact) mass is 228 g/mol. The van der Waals surface area contributed by atoms with Gasteiger partial charge >= 0.3 is 0 Å². The Morgan fingerprint density at radius 2 is 2.18 bits per heavy atom. The third kappa shape index (κ3) is 1.54. The Kier molecular flexibility index (Phi) is 2.38. The lowest BCUT2D eigenvalue weighted by Crippen LogP contribution is -2.21. The smallest absolute Gasteiger partial charge is 0.0736 e. The summed E-state index contributed by atoms with van der Waals surface area (Å²) in [5.41, 5.74) is 7.94. The quantitative estimate of drug-likeness (QED) is 0.840. The van der Waals surface area contributed by atoms with Crippen molar-refractivity contribution in [1.29, 1.82) is 0 Å². The number of pyridine rings is 1. The molecule has 0 amide bonds. The second-order valence-corrected chi connectivity index (χ2v) is 4.90. The van der Waals surface area contributed by atoms with Gasteiger partial charge in [0.25, 0.3) is 0 Å². The molecule has 3 N–H and O–H groups in total. The highest BCUT2D eigenvalue weighted by Gasteiger charge is 2.53. The van der Waals surface area contributed by atoms with Gasteiger partial charge in [-0.15, -0.1) is 0 Å². The largest absolute Gasteiger partial charge is 0.396 e. The summed E-state index contributed by atoms with van der Waals surface area (Å²) < 4.78 is 0. The zero-order chi connectivity index (χ0) is 11.9. The molecule has 2 atom stereocenters. The zero-order valence-electron chi connectivity index (χ0n) is 9.63. The minimum atomic E-state index is -0.105. The van der Waals surface area contributed by atoms with Crippen LogP contribution in [0.25, 0.3) is 10.9 Å². The molecule has 3 nitrogen and oxygen atoms in total. The number of aromatic nitrogens is 1. The molecule has 1 aromatic carbocycles. The average Bonchev–Trinajstić information content (AvgIpc) is 3.13. The third-order valence-corrected chi connectivity index (χ3v) is 3.95. The van der Waals surface area contributed by atoms with Crippen molar-refractivity contribution in [3.05, 3.63) is 42.1 Å². The Morgan fingerprint density at radius 1 is 1.35 bits per heavy atom. The minimum absolute atomic E-state index is 0.105. The van der Waals surface area contributed by atoms with E-state index in [-0.39, 0.29) is 12.0 Å². The number of nitrogens with two attached hydrogens (primary N) is 1. The van der Waals surface area contributed by atoms with E-state index in [1.54, 1.807) is 0 Å². The molecule has 0 radical (unpaired) electrons. The lowest BCUT2D eigenvalue weighted by molar-refractivity contribution is 0.212. The van der Waals surface area contributed by atoms with Crippen LogP contribution in [-0.4, -0.2) is 23.2 Å². The van der Waals surface area contributed by atoms with Crippen LogP contribution in [-0.2, 0) is 0 Å².